The summed E-state index contributed by atoms with van der Waals surface area (Å²) in [5.41, 5.74) is 1.19. The average molecular weight is 346 g/mol. The summed E-state index contributed by atoms with van der Waals surface area (Å²) in [6.07, 6.45) is 3.83. The summed E-state index contributed by atoms with van der Waals surface area (Å²) in [4.78, 5) is 18.3. The lowest BCUT2D eigenvalue weighted by molar-refractivity contribution is -0.130. The van der Waals surface area contributed by atoms with Crippen LogP contribution < -0.4 is 14.8 Å². The highest BCUT2D eigenvalue weighted by molar-refractivity contribution is 7.11. The molecule has 0 spiro atoms. The van der Waals surface area contributed by atoms with Gasteiger partial charge in [-0.1, -0.05) is 0 Å². The Balaban J connectivity index is 1.37. The fraction of sp³-hybridized carbons (Fsp3) is 0.412. The van der Waals surface area contributed by atoms with E-state index < -0.39 is 6.10 Å². The molecule has 24 heavy (non-hydrogen) atoms. The molecule has 0 saturated carbocycles. The van der Waals surface area contributed by atoms with Crippen molar-refractivity contribution >= 4 is 17.2 Å². The predicted octanol–water partition coefficient (Wildman–Crippen LogP) is 2.18. The van der Waals surface area contributed by atoms with Crippen molar-refractivity contribution < 1.29 is 19.4 Å². The van der Waals surface area contributed by atoms with E-state index >= 15 is 0 Å². The van der Waals surface area contributed by atoms with Crippen molar-refractivity contribution in [1.82, 2.24) is 10.3 Å². The molecule has 2 N–H and O–H groups in total. The van der Waals surface area contributed by atoms with Crippen molar-refractivity contribution in [3.8, 4) is 17.2 Å². The molecule has 0 saturated heterocycles. The fourth-order valence-electron chi connectivity index (χ4n) is 2.95. The minimum Gasteiger partial charge on any atom is -0.508 e. The van der Waals surface area contributed by atoms with Crippen LogP contribution in [0.3, 0.4) is 0 Å². The van der Waals surface area contributed by atoms with Gasteiger partial charge in [-0.25, -0.2) is 4.98 Å². The number of phenols is 1. The molecule has 2 heterocycles. The smallest absolute Gasteiger partial charge is 0.265 e. The van der Waals surface area contributed by atoms with Gasteiger partial charge in [-0.2, -0.15) is 0 Å². The number of rotatable bonds is 3. The summed E-state index contributed by atoms with van der Waals surface area (Å²) in [6.45, 7) is 0.557. The molecule has 2 aliphatic rings. The Kier molecular flexibility index (Phi) is 4.02. The number of aromatic nitrogens is 1. The number of hydrogen-bond acceptors (Lipinski definition) is 6. The maximum absolute atomic E-state index is 12.3. The molecular formula is C17H18N2O4S. The molecular weight excluding hydrogens is 328 g/mol. The molecule has 1 aromatic heterocycles. The van der Waals surface area contributed by atoms with Crippen molar-refractivity contribution in [3.63, 3.8) is 0 Å². The highest BCUT2D eigenvalue weighted by Crippen LogP contribution is 2.34. The van der Waals surface area contributed by atoms with Gasteiger partial charge in [-0.15, -0.1) is 11.3 Å². The van der Waals surface area contributed by atoms with E-state index in [0.29, 0.717) is 18.0 Å². The zero-order valence-corrected chi connectivity index (χ0v) is 13.9. The number of amides is 1. The van der Waals surface area contributed by atoms with E-state index in [2.05, 4.69) is 10.3 Å². The van der Waals surface area contributed by atoms with E-state index in [-0.39, 0.29) is 18.3 Å². The molecule has 7 heteroatoms. The summed E-state index contributed by atoms with van der Waals surface area (Å²) in [7, 11) is 0. The van der Waals surface area contributed by atoms with Gasteiger partial charge >= 0.3 is 0 Å². The van der Waals surface area contributed by atoms with Crippen LogP contribution in [0.15, 0.2) is 18.2 Å². The number of hydrogen-bond donors (Lipinski definition) is 2. The molecule has 0 radical (unpaired) electrons. The number of aryl methyl sites for hydroxylation is 2. The Hall–Kier alpha value is -2.28. The zero-order valence-electron chi connectivity index (χ0n) is 13.1. The molecule has 126 valence electrons. The van der Waals surface area contributed by atoms with Crippen LogP contribution in [-0.2, 0) is 24.2 Å². The lowest BCUT2D eigenvalue weighted by Crippen LogP contribution is -2.43. The molecule has 1 unspecified atom stereocenters. The third-order valence-electron chi connectivity index (χ3n) is 4.18. The van der Waals surface area contributed by atoms with Gasteiger partial charge in [0.2, 0.25) is 6.10 Å². The van der Waals surface area contributed by atoms with Crippen LogP contribution >= 0.6 is 11.3 Å². The lowest BCUT2D eigenvalue weighted by atomic mass is 10.0. The van der Waals surface area contributed by atoms with E-state index in [4.69, 9.17) is 9.47 Å². The monoisotopic (exact) mass is 346 g/mol. The second kappa shape index (κ2) is 6.32. The van der Waals surface area contributed by atoms with Crippen LogP contribution in [0.25, 0.3) is 0 Å². The normalized spacial score (nSPS) is 18.8. The fourth-order valence-corrected chi connectivity index (χ4v) is 4.04. The Morgan fingerprint density at radius 3 is 3.08 bits per heavy atom. The molecule has 0 bridgehead atoms. The predicted molar refractivity (Wildman–Crippen MR) is 88.6 cm³/mol. The van der Waals surface area contributed by atoms with Gasteiger partial charge < -0.3 is 19.9 Å². The van der Waals surface area contributed by atoms with Crippen LogP contribution in [-0.4, -0.2) is 28.7 Å². The van der Waals surface area contributed by atoms with Crippen molar-refractivity contribution in [2.24, 2.45) is 0 Å². The number of phenolic OH excluding ortho intramolecular Hbond substituents is 1. The number of nitrogens with one attached hydrogen (secondary N) is 1. The van der Waals surface area contributed by atoms with Crippen LogP contribution in [0.2, 0.25) is 0 Å². The van der Waals surface area contributed by atoms with E-state index in [1.807, 2.05) is 0 Å². The van der Waals surface area contributed by atoms with Gasteiger partial charge in [-0.3, -0.25) is 4.79 Å². The number of thiazole rings is 1. The first-order valence-electron chi connectivity index (χ1n) is 8.06. The molecule has 4 rings (SSSR count). The summed E-state index contributed by atoms with van der Waals surface area (Å²) < 4.78 is 11.2. The summed E-state index contributed by atoms with van der Waals surface area (Å²) in [6, 6.07) is 4.59. The number of ether oxygens (including phenoxy) is 2. The van der Waals surface area contributed by atoms with E-state index in [0.717, 1.165) is 17.8 Å². The molecule has 2 aromatic rings. The van der Waals surface area contributed by atoms with Gasteiger partial charge in [0.25, 0.3) is 5.91 Å². The van der Waals surface area contributed by atoms with Crippen LogP contribution in [0.4, 0.5) is 0 Å². The zero-order chi connectivity index (χ0) is 16.5. The van der Waals surface area contributed by atoms with E-state index in [1.165, 1.54) is 35.5 Å². The summed E-state index contributed by atoms with van der Waals surface area (Å²) >= 11 is 1.68. The van der Waals surface area contributed by atoms with Crippen LogP contribution in [0, 0.1) is 0 Å². The quantitative estimate of drug-likeness (QED) is 0.890. The Morgan fingerprint density at radius 1 is 1.33 bits per heavy atom. The first kappa shape index (κ1) is 15.3. The number of aromatic hydroxyl groups is 1. The number of nitrogens with zero attached hydrogens (tertiary/aromatic N) is 1. The molecule has 1 atom stereocenters. The Bertz CT molecular complexity index is 750. The number of fused-ring (bicyclic) bond motifs is 2. The first-order valence-corrected chi connectivity index (χ1v) is 8.88. The second-order valence-electron chi connectivity index (χ2n) is 5.95. The van der Waals surface area contributed by atoms with Gasteiger partial charge in [0.05, 0.1) is 12.2 Å². The first-order chi connectivity index (χ1) is 11.7. The van der Waals surface area contributed by atoms with Crippen molar-refractivity contribution in [2.45, 2.75) is 38.3 Å². The minimum atomic E-state index is -0.728. The maximum Gasteiger partial charge on any atom is 0.265 e. The second-order valence-corrected chi connectivity index (χ2v) is 7.12. The molecule has 1 aliphatic carbocycles. The maximum atomic E-state index is 12.3. The standard InChI is InChI=1S/C17H18N2O4S/c20-10-5-6-12-13(7-10)23-14(9-22-12)17(21)18-8-16-19-11-3-1-2-4-15(11)24-16/h5-7,14,20H,1-4,8-9H2,(H,18,21). The van der Waals surface area contributed by atoms with Crippen molar-refractivity contribution in [1.29, 1.82) is 0 Å². The Labute approximate surface area is 143 Å². The Morgan fingerprint density at radius 2 is 2.21 bits per heavy atom. The van der Waals surface area contributed by atoms with Crippen LogP contribution in [0.5, 0.6) is 17.2 Å². The van der Waals surface area contributed by atoms with Crippen LogP contribution in [0.1, 0.15) is 28.4 Å². The summed E-state index contributed by atoms with van der Waals surface area (Å²) in [5, 5.41) is 13.3. The van der Waals surface area contributed by atoms with Gasteiger partial charge in [0, 0.05) is 10.9 Å². The molecule has 1 amide bonds. The highest BCUT2D eigenvalue weighted by Gasteiger charge is 2.28. The third-order valence-corrected chi connectivity index (χ3v) is 5.34. The highest BCUT2D eigenvalue weighted by atomic mass is 32.1. The largest absolute Gasteiger partial charge is 0.508 e. The topological polar surface area (TPSA) is 80.7 Å². The van der Waals surface area contributed by atoms with Gasteiger partial charge in [0.15, 0.2) is 11.5 Å². The lowest BCUT2D eigenvalue weighted by Gasteiger charge is -2.25. The number of carbonyl (C=O) groups is 1. The van der Waals surface area contributed by atoms with Gasteiger partial charge in [-0.05, 0) is 37.8 Å². The summed E-state index contributed by atoms with van der Waals surface area (Å²) in [5.74, 6) is 0.750. The van der Waals surface area contributed by atoms with E-state index in [1.54, 1.807) is 17.4 Å². The van der Waals surface area contributed by atoms with Crippen molar-refractivity contribution in [3.05, 3.63) is 33.8 Å². The molecule has 1 aromatic carbocycles. The molecule has 1 aliphatic heterocycles. The number of benzene rings is 1. The minimum absolute atomic E-state index is 0.0757. The number of carbonyl (C=O) groups excluding carboxylic acids is 1. The molecule has 6 nitrogen and oxygen atoms in total. The molecule has 0 fully saturated rings. The van der Waals surface area contributed by atoms with Crippen molar-refractivity contribution in [2.75, 3.05) is 6.61 Å². The average Bonchev–Trinajstić information content (AvgIpc) is 3.02. The SMILES string of the molecule is O=C(NCc1nc2c(s1)CCCC2)C1COc2ccc(O)cc2O1. The third kappa shape index (κ3) is 3.03. The van der Waals surface area contributed by atoms with Gasteiger partial charge in [0.1, 0.15) is 17.4 Å². The van der Waals surface area contributed by atoms with E-state index in [9.17, 15) is 9.90 Å².